The maximum absolute atomic E-state index is 3.96. The molecule has 3 heterocycles. The van der Waals surface area contributed by atoms with Gasteiger partial charge in [0.1, 0.15) is 12.3 Å². The molecule has 4 heteroatoms. The fourth-order valence-corrected chi connectivity index (χ4v) is 12.0. The molecule has 314 valence electrons. The van der Waals surface area contributed by atoms with Crippen molar-refractivity contribution in [3.8, 4) is 5.69 Å². The summed E-state index contributed by atoms with van der Waals surface area (Å²) >= 11 is 0. The first-order valence-corrected chi connectivity index (χ1v) is 23.4. The average molecular weight is 847 g/mol. The lowest BCUT2D eigenvalue weighted by Gasteiger charge is -2.52. The van der Waals surface area contributed by atoms with Crippen molar-refractivity contribution in [1.29, 1.82) is 0 Å². The van der Waals surface area contributed by atoms with Crippen LogP contribution in [-0.4, -0.2) is 10.6 Å². The largest absolute Gasteiger partial charge is 0.334 e. The summed E-state index contributed by atoms with van der Waals surface area (Å²) in [5.41, 5.74) is 13.9. The lowest BCUT2D eigenvalue weighted by molar-refractivity contribution is 0.276. The van der Waals surface area contributed by atoms with Gasteiger partial charge in [-0.05, 0) is 127 Å². The molecule has 5 unspecified atom stereocenters. The Kier molecular flexibility index (Phi) is 8.26. The number of hydrogen-bond donors (Lipinski definition) is 1. The summed E-state index contributed by atoms with van der Waals surface area (Å²) in [4.78, 5) is 5.15. The van der Waals surface area contributed by atoms with E-state index in [2.05, 4.69) is 251 Å². The van der Waals surface area contributed by atoms with Crippen LogP contribution in [0.1, 0.15) is 53.0 Å². The molecular formula is C62H46N4. The average Bonchev–Trinajstić information content (AvgIpc) is 3.63. The van der Waals surface area contributed by atoms with Gasteiger partial charge in [-0.1, -0.05) is 171 Å². The molecule has 5 atom stereocenters. The van der Waals surface area contributed by atoms with E-state index in [-0.39, 0.29) is 18.4 Å². The zero-order valence-corrected chi connectivity index (χ0v) is 36.6. The van der Waals surface area contributed by atoms with E-state index in [9.17, 15) is 0 Å². The number of para-hydroxylation sites is 2. The number of aromatic nitrogens is 1. The molecule has 1 N–H and O–H groups in total. The van der Waals surface area contributed by atoms with Gasteiger partial charge in [0.05, 0.1) is 17.1 Å². The molecular weight excluding hydrogens is 801 g/mol. The second-order valence-corrected chi connectivity index (χ2v) is 18.6. The topological polar surface area (TPSA) is 23.4 Å². The Morgan fingerprint density at radius 3 is 2.08 bits per heavy atom. The fraction of sp³-hybridized carbons (Fsp3) is 0.0968. The highest BCUT2D eigenvalue weighted by Crippen LogP contribution is 2.52. The zero-order chi connectivity index (χ0) is 43.5. The molecule has 0 saturated carbocycles. The maximum atomic E-state index is 3.96. The van der Waals surface area contributed by atoms with Crippen molar-refractivity contribution in [2.45, 2.75) is 31.2 Å². The van der Waals surface area contributed by atoms with Gasteiger partial charge in [-0.25, -0.2) is 0 Å². The van der Waals surface area contributed by atoms with Crippen LogP contribution in [-0.2, 0) is 0 Å². The Bertz CT molecular complexity index is 3770. The van der Waals surface area contributed by atoms with E-state index in [1.165, 1.54) is 99.0 Å². The number of nitrogens with zero attached hydrogens (tertiary/aromatic N) is 3. The van der Waals surface area contributed by atoms with Gasteiger partial charge in [-0.3, -0.25) is 5.32 Å². The molecule has 1 aliphatic carbocycles. The van der Waals surface area contributed by atoms with E-state index >= 15 is 0 Å². The molecule has 14 rings (SSSR count). The van der Waals surface area contributed by atoms with Gasteiger partial charge in [-0.2, -0.15) is 0 Å². The Labute approximate surface area is 384 Å². The van der Waals surface area contributed by atoms with E-state index in [0.29, 0.717) is 11.8 Å². The predicted molar refractivity (Wildman–Crippen MR) is 276 cm³/mol. The van der Waals surface area contributed by atoms with E-state index in [1.807, 2.05) is 0 Å². The lowest BCUT2D eigenvalue weighted by atomic mass is 9.74. The monoisotopic (exact) mass is 846 g/mol. The zero-order valence-electron chi connectivity index (χ0n) is 36.6. The van der Waals surface area contributed by atoms with Gasteiger partial charge in [0.25, 0.3) is 0 Å². The lowest BCUT2D eigenvalue weighted by Crippen LogP contribution is -2.57. The molecule has 1 aromatic heterocycles. The highest BCUT2D eigenvalue weighted by Gasteiger charge is 2.42. The van der Waals surface area contributed by atoms with Crippen LogP contribution >= 0.6 is 0 Å². The van der Waals surface area contributed by atoms with Crippen molar-refractivity contribution >= 4 is 77.3 Å². The third-order valence-corrected chi connectivity index (χ3v) is 15.0. The summed E-state index contributed by atoms with van der Waals surface area (Å²) < 4.78 is 2.47. The van der Waals surface area contributed by atoms with Crippen molar-refractivity contribution in [2.24, 2.45) is 5.92 Å². The molecule has 3 aliphatic rings. The molecule has 1 saturated heterocycles. The molecule has 0 radical (unpaired) electrons. The fourth-order valence-electron chi connectivity index (χ4n) is 12.0. The minimum absolute atomic E-state index is 0.00200. The first kappa shape index (κ1) is 37.5. The second kappa shape index (κ2) is 14.5. The van der Waals surface area contributed by atoms with Crippen LogP contribution in [0.25, 0.3) is 65.9 Å². The minimum Gasteiger partial charge on any atom is -0.334 e. The summed E-state index contributed by atoms with van der Waals surface area (Å²) in [6, 6.07) is 79.3. The standard InChI is InChI=1S/C62H46N4/c1-39-56-33-30-41-15-6-8-21-52(41)60(39)54-23-10-12-25-58(54)64(56)49-31-28-43-37-59-55(36-46(43)35-49)53-22-9-11-24-57(53)65(59)47-18-13-19-48(38-47)66-61(42-16-3-2-4-17-42)63-62(66)45-29-32-51-44(34-45)27-26-40-14-5-7-20-50(40)51/h2-39,56,60-63H,1H3. The Morgan fingerprint density at radius 2 is 1.15 bits per heavy atom. The second-order valence-electron chi connectivity index (χ2n) is 18.6. The number of anilines is 3. The van der Waals surface area contributed by atoms with Crippen LogP contribution < -0.4 is 15.1 Å². The van der Waals surface area contributed by atoms with E-state index < -0.39 is 0 Å². The van der Waals surface area contributed by atoms with Gasteiger partial charge in [0.2, 0.25) is 0 Å². The van der Waals surface area contributed by atoms with Crippen LogP contribution in [0.2, 0.25) is 0 Å². The van der Waals surface area contributed by atoms with Crippen molar-refractivity contribution in [1.82, 2.24) is 9.88 Å². The summed E-state index contributed by atoms with van der Waals surface area (Å²) in [6.45, 7) is 2.44. The molecule has 4 nitrogen and oxygen atoms in total. The molecule has 10 aromatic carbocycles. The summed E-state index contributed by atoms with van der Waals surface area (Å²) in [5.74, 6) is 0.732. The van der Waals surface area contributed by atoms with Crippen molar-refractivity contribution in [3.05, 3.63) is 246 Å². The molecule has 0 amide bonds. The number of fused-ring (bicyclic) bond motifs is 13. The molecule has 0 spiro atoms. The quantitative estimate of drug-likeness (QED) is 0.175. The smallest absolute Gasteiger partial charge is 0.109 e. The summed E-state index contributed by atoms with van der Waals surface area (Å²) in [6.07, 6.45) is 4.83. The number of hydrogen-bond acceptors (Lipinski definition) is 3. The van der Waals surface area contributed by atoms with Gasteiger partial charge in [-0.15, -0.1) is 0 Å². The number of rotatable bonds is 5. The Morgan fingerprint density at radius 1 is 0.424 bits per heavy atom. The van der Waals surface area contributed by atoms with E-state index in [0.717, 1.165) is 5.69 Å². The van der Waals surface area contributed by atoms with Crippen molar-refractivity contribution in [3.63, 3.8) is 0 Å². The number of nitrogens with one attached hydrogen (secondary N) is 1. The van der Waals surface area contributed by atoms with Gasteiger partial charge >= 0.3 is 0 Å². The van der Waals surface area contributed by atoms with E-state index in [1.54, 1.807) is 0 Å². The minimum atomic E-state index is 0.00200. The molecule has 2 bridgehead atoms. The van der Waals surface area contributed by atoms with Crippen LogP contribution in [0.4, 0.5) is 17.1 Å². The normalized spacial score (nSPS) is 19.9. The third-order valence-electron chi connectivity index (χ3n) is 15.0. The molecule has 2 aliphatic heterocycles. The SMILES string of the molecule is CC1C2c3ccccc3C=CC1N(c1ccc3cc4c(cc3c1)c1ccccc1n4-c1cccc(N3C(c4ccccc4)NC3c3ccc4c(ccc5ccccc54)c3)c1)c1ccccc12. The van der Waals surface area contributed by atoms with Crippen molar-refractivity contribution in [2.75, 3.05) is 9.80 Å². The summed E-state index contributed by atoms with van der Waals surface area (Å²) in [5, 5.41) is 14.0. The molecule has 1 fully saturated rings. The van der Waals surface area contributed by atoms with Gasteiger partial charge in [0.15, 0.2) is 0 Å². The molecule has 66 heavy (non-hydrogen) atoms. The van der Waals surface area contributed by atoms with E-state index in [4.69, 9.17) is 0 Å². The third kappa shape index (κ3) is 5.61. The predicted octanol–water partition coefficient (Wildman–Crippen LogP) is 15.4. The van der Waals surface area contributed by atoms with Crippen LogP contribution in [0, 0.1) is 5.92 Å². The number of benzene rings is 10. The van der Waals surface area contributed by atoms with Crippen LogP contribution in [0.3, 0.4) is 0 Å². The van der Waals surface area contributed by atoms with Crippen LogP contribution in [0.5, 0.6) is 0 Å². The molecule has 11 aromatic rings. The first-order valence-electron chi connectivity index (χ1n) is 23.4. The summed E-state index contributed by atoms with van der Waals surface area (Å²) in [7, 11) is 0. The highest BCUT2D eigenvalue weighted by atomic mass is 15.5. The maximum Gasteiger partial charge on any atom is 0.109 e. The van der Waals surface area contributed by atoms with Crippen molar-refractivity contribution < 1.29 is 0 Å². The highest BCUT2D eigenvalue weighted by molar-refractivity contribution is 6.14. The van der Waals surface area contributed by atoms with Gasteiger partial charge in [0, 0.05) is 39.4 Å². The van der Waals surface area contributed by atoms with Crippen LogP contribution in [0.15, 0.2) is 218 Å². The Balaban J connectivity index is 0.880. The van der Waals surface area contributed by atoms with Gasteiger partial charge < -0.3 is 14.4 Å². The first-order chi connectivity index (χ1) is 32.6. The Hall–Kier alpha value is -7.92.